The molecule has 84 valence electrons. The van der Waals surface area contributed by atoms with Crippen LogP contribution in [0.3, 0.4) is 0 Å². The summed E-state index contributed by atoms with van der Waals surface area (Å²) < 4.78 is 1.97. The molecule has 1 aromatic carbocycles. The van der Waals surface area contributed by atoms with E-state index in [2.05, 4.69) is 10.2 Å². The van der Waals surface area contributed by atoms with Crippen molar-refractivity contribution < 1.29 is 0 Å². The highest BCUT2D eigenvalue weighted by atomic mass is 35.5. The fourth-order valence-corrected chi connectivity index (χ4v) is 1.74. The van der Waals surface area contributed by atoms with Crippen LogP contribution < -0.4 is 5.73 Å². The molecule has 0 saturated carbocycles. The molecule has 0 unspecified atom stereocenters. The maximum atomic E-state index is 6.09. The van der Waals surface area contributed by atoms with Gasteiger partial charge in [-0.15, -0.1) is 10.2 Å². The molecule has 0 fully saturated rings. The molecule has 0 aliphatic heterocycles. The minimum atomic E-state index is 0.571. The fourth-order valence-electron chi connectivity index (χ4n) is 1.54. The lowest BCUT2D eigenvalue weighted by Gasteiger charge is -2.07. The van der Waals surface area contributed by atoms with E-state index in [1.54, 1.807) is 6.33 Å². The molecule has 2 rings (SSSR count). The monoisotopic (exact) mass is 236 g/mol. The van der Waals surface area contributed by atoms with Crippen LogP contribution in [-0.2, 0) is 13.0 Å². The average molecular weight is 237 g/mol. The van der Waals surface area contributed by atoms with E-state index in [1.807, 2.05) is 28.8 Å². The zero-order valence-electron chi connectivity index (χ0n) is 8.81. The first kappa shape index (κ1) is 11.1. The van der Waals surface area contributed by atoms with Gasteiger partial charge in [0.2, 0.25) is 0 Å². The van der Waals surface area contributed by atoms with Crippen molar-refractivity contribution >= 4 is 11.6 Å². The Bertz CT molecular complexity index is 467. The molecule has 4 nitrogen and oxygen atoms in total. The highest BCUT2D eigenvalue weighted by molar-refractivity contribution is 6.31. The molecule has 2 N–H and O–H groups in total. The Morgan fingerprint density at radius 2 is 2.12 bits per heavy atom. The first-order valence-corrected chi connectivity index (χ1v) is 5.49. The number of rotatable bonds is 4. The summed E-state index contributed by atoms with van der Waals surface area (Å²) in [7, 11) is 0. The van der Waals surface area contributed by atoms with E-state index in [-0.39, 0.29) is 0 Å². The third-order valence-electron chi connectivity index (χ3n) is 2.36. The number of hydrogen-bond donors (Lipinski definition) is 1. The Balaban J connectivity index is 2.20. The van der Waals surface area contributed by atoms with E-state index < -0.39 is 0 Å². The van der Waals surface area contributed by atoms with Crippen molar-refractivity contribution in [1.82, 2.24) is 14.8 Å². The van der Waals surface area contributed by atoms with Gasteiger partial charge in [-0.05, 0) is 18.2 Å². The van der Waals surface area contributed by atoms with Crippen molar-refractivity contribution in [3.8, 4) is 0 Å². The van der Waals surface area contributed by atoms with Crippen LogP contribution in [0.1, 0.15) is 11.4 Å². The SMILES string of the molecule is NCCc1nncn1Cc1ccccc1Cl. The van der Waals surface area contributed by atoms with Crippen LogP contribution in [0.4, 0.5) is 0 Å². The van der Waals surface area contributed by atoms with Gasteiger partial charge < -0.3 is 10.3 Å². The lowest BCUT2D eigenvalue weighted by molar-refractivity contribution is 0.716. The fraction of sp³-hybridized carbons (Fsp3) is 0.273. The Labute approximate surface area is 99.1 Å². The number of nitrogens with two attached hydrogens (primary N) is 1. The van der Waals surface area contributed by atoms with Crippen molar-refractivity contribution in [2.24, 2.45) is 5.73 Å². The van der Waals surface area contributed by atoms with Gasteiger partial charge in [-0.2, -0.15) is 0 Å². The molecule has 0 spiro atoms. The molecule has 1 heterocycles. The van der Waals surface area contributed by atoms with Gasteiger partial charge in [0, 0.05) is 11.4 Å². The van der Waals surface area contributed by atoms with Crippen molar-refractivity contribution in [1.29, 1.82) is 0 Å². The third kappa shape index (κ3) is 2.40. The number of hydrogen-bond acceptors (Lipinski definition) is 3. The van der Waals surface area contributed by atoms with Gasteiger partial charge in [-0.3, -0.25) is 0 Å². The van der Waals surface area contributed by atoms with Crippen LogP contribution in [-0.4, -0.2) is 21.3 Å². The number of halogens is 1. The summed E-state index contributed by atoms with van der Waals surface area (Å²) in [6.07, 6.45) is 2.43. The predicted molar refractivity (Wildman–Crippen MR) is 63.3 cm³/mol. The van der Waals surface area contributed by atoms with Crippen LogP contribution in [0.25, 0.3) is 0 Å². The van der Waals surface area contributed by atoms with Crippen LogP contribution in [0, 0.1) is 0 Å². The lowest BCUT2D eigenvalue weighted by atomic mass is 10.2. The van der Waals surface area contributed by atoms with Crippen molar-refractivity contribution in [2.45, 2.75) is 13.0 Å². The molecule has 2 aromatic rings. The Hall–Kier alpha value is -1.39. The van der Waals surface area contributed by atoms with Crippen molar-refractivity contribution in [3.63, 3.8) is 0 Å². The van der Waals surface area contributed by atoms with Gasteiger partial charge in [-0.25, -0.2) is 0 Å². The molecular formula is C11H13ClN4. The van der Waals surface area contributed by atoms with E-state index in [0.717, 1.165) is 22.8 Å². The summed E-state index contributed by atoms with van der Waals surface area (Å²) in [6.45, 7) is 1.25. The standard InChI is InChI=1S/C11H13ClN4/c12-10-4-2-1-3-9(10)7-16-8-14-15-11(16)5-6-13/h1-4,8H,5-7,13H2. The summed E-state index contributed by atoms with van der Waals surface area (Å²) in [5, 5.41) is 8.66. The van der Waals surface area contributed by atoms with Gasteiger partial charge in [0.05, 0.1) is 6.54 Å². The summed E-state index contributed by atoms with van der Waals surface area (Å²) in [5.41, 5.74) is 6.56. The first-order chi connectivity index (χ1) is 7.81. The summed E-state index contributed by atoms with van der Waals surface area (Å²) in [6, 6.07) is 7.76. The van der Waals surface area contributed by atoms with Gasteiger partial charge in [0.15, 0.2) is 0 Å². The van der Waals surface area contributed by atoms with E-state index in [4.69, 9.17) is 17.3 Å². The largest absolute Gasteiger partial charge is 0.330 e. The average Bonchev–Trinajstić information content (AvgIpc) is 2.70. The van der Waals surface area contributed by atoms with Crippen molar-refractivity contribution in [2.75, 3.05) is 6.54 Å². The Kier molecular flexibility index (Phi) is 3.54. The van der Waals surface area contributed by atoms with Gasteiger partial charge in [0.1, 0.15) is 12.2 Å². The summed E-state index contributed by atoms with van der Waals surface area (Å²) in [4.78, 5) is 0. The quantitative estimate of drug-likeness (QED) is 0.875. The molecule has 0 atom stereocenters. The molecule has 0 saturated heterocycles. The Morgan fingerprint density at radius 3 is 2.88 bits per heavy atom. The first-order valence-electron chi connectivity index (χ1n) is 5.11. The number of aromatic nitrogens is 3. The highest BCUT2D eigenvalue weighted by Gasteiger charge is 2.05. The maximum Gasteiger partial charge on any atom is 0.134 e. The molecular weight excluding hydrogens is 224 g/mol. The second-order valence-electron chi connectivity index (χ2n) is 3.51. The number of nitrogens with zero attached hydrogens (tertiary/aromatic N) is 3. The number of benzene rings is 1. The second kappa shape index (κ2) is 5.09. The van der Waals surface area contributed by atoms with Crippen molar-refractivity contribution in [3.05, 3.63) is 47.0 Å². The molecule has 0 bridgehead atoms. The van der Waals surface area contributed by atoms with E-state index in [1.165, 1.54) is 0 Å². The predicted octanol–water partition coefficient (Wildman–Crippen LogP) is 1.48. The van der Waals surface area contributed by atoms with E-state index in [0.29, 0.717) is 13.1 Å². The van der Waals surface area contributed by atoms with Gasteiger partial charge in [0.25, 0.3) is 0 Å². The van der Waals surface area contributed by atoms with Gasteiger partial charge >= 0.3 is 0 Å². The lowest BCUT2D eigenvalue weighted by Crippen LogP contribution is -2.10. The normalized spacial score (nSPS) is 10.6. The molecule has 0 aliphatic rings. The zero-order chi connectivity index (χ0) is 11.4. The minimum absolute atomic E-state index is 0.571. The second-order valence-corrected chi connectivity index (χ2v) is 3.91. The van der Waals surface area contributed by atoms with Crippen LogP contribution in [0.15, 0.2) is 30.6 Å². The third-order valence-corrected chi connectivity index (χ3v) is 2.73. The minimum Gasteiger partial charge on any atom is -0.330 e. The van der Waals surface area contributed by atoms with Crippen LogP contribution in [0.5, 0.6) is 0 Å². The highest BCUT2D eigenvalue weighted by Crippen LogP contribution is 2.16. The smallest absolute Gasteiger partial charge is 0.134 e. The maximum absolute atomic E-state index is 6.09. The molecule has 0 aliphatic carbocycles. The van der Waals surface area contributed by atoms with Crippen LogP contribution in [0.2, 0.25) is 5.02 Å². The molecule has 1 aromatic heterocycles. The molecule has 0 radical (unpaired) electrons. The zero-order valence-corrected chi connectivity index (χ0v) is 9.56. The van der Waals surface area contributed by atoms with Gasteiger partial charge in [-0.1, -0.05) is 29.8 Å². The Morgan fingerprint density at radius 1 is 1.31 bits per heavy atom. The van der Waals surface area contributed by atoms with E-state index >= 15 is 0 Å². The van der Waals surface area contributed by atoms with E-state index in [9.17, 15) is 0 Å². The van der Waals surface area contributed by atoms with Crippen LogP contribution >= 0.6 is 11.6 Å². The molecule has 5 heteroatoms. The topological polar surface area (TPSA) is 56.7 Å². The summed E-state index contributed by atoms with van der Waals surface area (Å²) in [5.74, 6) is 0.891. The molecule has 0 amide bonds. The summed E-state index contributed by atoms with van der Waals surface area (Å²) >= 11 is 6.09. The molecule has 16 heavy (non-hydrogen) atoms.